The van der Waals surface area contributed by atoms with E-state index in [9.17, 15) is 4.39 Å². The molecule has 0 spiro atoms. The topological polar surface area (TPSA) is 51.8 Å². The third-order valence-corrected chi connectivity index (χ3v) is 3.07. The number of nitrogens with two attached hydrogens (primary N) is 1. The van der Waals surface area contributed by atoms with Crippen LogP contribution in [-0.2, 0) is 0 Å². The Hall–Kier alpha value is -2.49. The molecule has 0 atom stereocenters. The molecule has 1 aromatic heterocycles. The summed E-state index contributed by atoms with van der Waals surface area (Å²) < 4.78 is 13.2. The number of aryl methyl sites for hydroxylation is 1. The highest BCUT2D eigenvalue weighted by atomic mass is 19.1. The molecule has 3 nitrogen and oxygen atoms in total. The number of benzene rings is 2. The predicted octanol–water partition coefficient (Wildman–Crippen LogP) is 3.33. The van der Waals surface area contributed by atoms with Crippen LogP contribution in [0.5, 0.6) is 0 Å². The Morgan fingerprint density at radius 1 is 1.05 bits per heavy atom. The fourth-order valence-electron chi connectivity index (χ4n) is 2.07. The molecule has 0 unspecified atom stereocenters. The molecule has 2 N–H and O–H groups in total. The van der Waals surface area contributed by atoms with E-state index < -0.39 is 0 Å². The number of hydrogen-bond donors (Lipinski definition) is 1. The van der Waals surface area contributed by atoms with Crippen LogP contribution in [-0.4, -0.2) is 9.97 Å². The Labute approximate surface area is 109 Å². The van der Waals surface area contributed by atoms with E-state index in [-0.39, 0.29) is 5.82 Å². The maximum Gasteiger partial charge on any atom is 0.162 e. The maximum atomic E-state index is 13.2. The Morgan fingerprint density at radius 3 is 2.63 bits per heavy atom. The SMILES string of the molecule is Cc1ccccc1-c1nc(N)c2cc(F)ccc2n1. The van der Waals surface area contributed by atoms with E-state index in [0.29, 0.717) is 22.5 Å². The predicted molar refractivity (Wildman–Crippen MR) is 74.1 cm³/mol. The first-order chi connectivity index (χ1) is 9.15. The van der Waals surface area contributed by atoms with Crippen molar-refractivity contribution in [3.05, 3.63) is 53.8 Å². The number of fused-ring (bicyclic) bond motifs is 1. The quantitative estimate of drug-likeness (QED) is 0.723. The summed E-state index contributed by atoms with van der Waals surface area (Å²) in [7, 11) is 0. The van der Waals surface area contributed by atoms with Gasteiger partial charge in [0.15, 0.2) is 5.82 Å². The minimum atomic E-state index is -0.341. The Kier molecular flexibility index (Phi) is 2.63. The van der Waals surface area contributed by atoms with Crippen LogP contribution in [0.25, 0.3) is 22.3 Å². The zero-order valence-corrected chi connectivity index (χ0v) is 10.4. The number of nitrogen functional groups attached to an aromatic ring is 1. The number of halogens is 1. The van der Waals surface area contributed by atoms with E-state index in [1.807, 2.05) is 31.2 Å². The van der Waals surface area contributed by atoms with Gasteiger partial charge in [-0.25, -0.2) is 14.4 Å². The Bertz CT molecular complexity index is 768. The normalized spacial score (nSPS) is 10.8. The molecule has 0 saturated carbocycles. The number of rotatable bonds is 1. The van der Waals surface area contributed by atoms with Gasteiger partial charge in [0.25, 0.3) is 0 Å². The third-order valence-electron chi connectivity index (χ3n) is 3.07. The molecule has 0 aliphatic heterocycles. The van der Waals surface area contributed by atoms with Gasteiger partial charge in [-0.05, 0) is 30.7 Å². The summed E-state index contributed by atoms with van der Waals surface area (Å²) in [6.45, 7) is 1.99. The van der Waals surface area contributed by atoms with E-state index >= 15 is 0 Å². The summed E-state index contributed by atoms with van der Waals surface area (Å²) in [5, 5.41) is 0.539. The van der Waals surface area contributed by atoms with Crippen molar-refractivity contribution in [3.63, 3.8) is 0 Å². The van der Waals surface area contributed by atoms with Crippen LogP contribution in [0.1, 0.15) is 5.56 Å². The van der Waals surface area contributed by atoms with Crippen molar-refractivity contribution in [2.24, 2.45) is 0 Å². The van der Waals surface area contributed by atoms with Crippen molar-refractivity contribution >= 4 is 16.7 Å². The highest BCUT2D eigenvalue weighted by molar-refractivity contribution is 5.89. The second-order valence-corrected chi connectivity index (χ2v) is 4.41. The molecule has 1 heterocycles. The van der Waals surface area contributed by atoms with Crippen molar-refractivity contribution in [3.8, 4) is 11.4 Å². The van der Waals surface area contributed by atoms with Gasteiger partial charge < -0.3 is 5.73 Å². The molecular weight excluding hydrogens is 241 g/mol. The van der Waals surface area contributed by atoms with E-state index in [1.54, 1.807) is 6.07 Å². The molecule has 0 aliphatic carbocycles. The summed E-state index contributed by atoms with van der Waals surface area (Å²) >= 11 is 0. The molecule has 0 radical (unpaired) electrons. The van der Waals surface area contributed by atoms with E-state index in [0.717, 1.165) is 11.1 Å². The molecule has 2 aromatic carbocycles. The largest absolute Gasteiger partial charge is 0.383 e. The number of hydrogen-bond acceptors (Lipinski definition) is 3. The summed E-state index contributed by atoms with van der Waals surface area (Å²) in [5.74, 6) is 0.518. The van der Waals surface area contributed by atoms with Crippen molar-refractivity contribution < 1.29 is 4.39 Å². The average molecular weight is 253 g/mol. The van der Waals surface area contributed by atoms with Crippen LogP contribution >= 0.6 is 0 Å². The fraction of sp³-hybridized carbons (Fsp3) is 0.0667. The summed E-state index contributed by atoms with van der Waals surface area (Å²) in [5.41, 5.74) is 8.54. The van der Waals surface area contributed by atoms with Gasteiger partial charge in [-0.3, -0.25) is 0 Å². The first-order valence-electron chi connectivity index (χ1n) is 5.94. The van der Waals surface area contributed by atoms with Gasteiger partial charge >= 0.3 is 0 Å². The minimum Gasteiger partial charge on any atom is -0.383 e. The van der Waals surface area contributed by atoms with E-state index in [1.165, 1.54) is 12.1 Å². The van der Waals surface area contributed by atoms with Crippen LogP contribution in [0.4, 0.5) is 10.2 Å². The lowest BCUT2D eigenvalue weighted by molar-refractivity contribution is 0.629. The van der Waals surface area contributed by atoms with Crippen molar-refractivity contribution in [1.82, 2.24) is 9.97 Å². The number of aromatic nitrogens is 2. The molecule has 94 valence electrons. The summed E-state index contributed by atoms with van der Waals surface area (Å²) in [4.78, 5) is 8.72. The second kappa shape index (κ2) is 4.31. The van der Waals surface area contributed by atoms with E-state index in [2.05, 4.69) is 9.97 Å². The van der Waals surface area contributed by atoms with Crippen molar-refractivity contribution in [2.75, 3.05) is 5.73 Å². The molecule has 0 bridgehead atoms. The van der Waals surface area contributed by atoms with Crippen molar-refractivity contribution in [1.29, 1.82) is 0 Å². The lowest BCUT2D eigenvalue weighted by atomic mass is 10.1. The first-order valence-corrected chi connectivity index (χ1v) is 5.94. The first kappa shape index (κ1) is 11.6. The standard InChI is InChI=1S/C15H12FN3/c1-9-4-2-3-5-11(9)15-18-13-7-6-10(16)8-12(13)14(17)19-15/h2-8H,1H3,(H2,17,18,19). The van der Waals surface area contributed by atoms with E-state index in [4.69, 9.17) is 5.73 Å². The average Bonchev–Trinajstić information content (AvgIpc) is 2.40. The molecular formula is C15H12FN3. The van der Waals surface area contributed by atoms with Crippen LogP contribution in [0.2, 0.25) is 0 Å². The minimum absolute atomic E-state index is 0.294. The fourth-order valence-corrected chi connectivity index (χ4v) is 2.07. The zero-order valence-electron chi connectivity index (χ0n) is 10.4. The zero-order chi connectivity index (χ0) is 13.4. The molecule has 19 heavy (non-hydrogen) atoms. The smallest absolute Gasteiger partial charge is 0.162 e. The second-order valence-electron chi connectivity index (χ2n) is 4.41. The van der Waals surface area contributed by atoms with Gasteiger partial charge in [0, 0.05) is 10.9 Å². The van der Waals surface area contributed by atoms with Crippen LogP contribution in [0.3, 0.4) is 0 Å². The Balaban J connectivity index is 2.27. The van der Waals surface area contributed by atoms with Gasteiger partial charge in [-0.15, -0.1) is 0 Å². The summed E-state index contributed by atoms with van der Waals surface area (Å²) in [6.07, 6.45) is 0. The molecule has 0 saturated heterocycles. The monoisotopic (exact) mass is 253 g/mol. The molecule has 0 fully saturated rings. The summed E-state index contributed by atoms with van der Waals surface area (Å²) in [6, 6.07) is 12.2. The van der Waals surface area contributed by atoms with Gasteiger partial charge in [-0.2, -0.15) is 0 Å². The molecule has 0 amide bonds. The van der Waals surface area contributed by atoms with Gasteiger partial charge in [0.1, 0.15) is 11.6 Å². The van der Waals surface area contributed by atoms with Gasteiger partial charge in [0.2, 0.25) is 0 Å². The third kappa shape index (κ3) is 2.01. The lowest BCUT2D eigenvalue weighted by Gasteiger charge is -2.07. The van der Waals surface area contributed by atoms with Gasteiger partial charge in [0.05, 0.1) is 5.52 Å². The number of anilines is 1. The van der Waals surface area contributed by atoms with Gasteiger partial charge in [-0.1, -0.05) is 24.3 Å². The highest BCUT2D eigenvalue weighted by Gasteiger charge is 2.09. The number of nitrogens with zero attached hydrogens (tertiary/aromatic N) is 2. The van der Waals surface area contributed by atoms with Crippen molar-refractivity contribution in [2.45, 2.75) is 6.92 Å². The van der Waals surface area contributed by atoms with Crippen LogP contribution < -0.4 is 5.73 Å². The lowest BCUT2D eigenvalue weighted by Crippen LogP contribution is -1.99. The Morgan fingerprint density at radius 2 is 1.84 bits per heavy atom. The molecule has 4 heteroatoms. The molecule has 3 rings (SSSR count). The molecule has 3 aromatic rings. The highest BCUT2D eigenvalue weighted by Crippen LogP contribution is 2.25. The maximum absolute atomic E-state index is 13.2. The molecule has 0 aliphatic rings. The van der Waals surface area contributed by atoms with Crippen LogP contribution in [0.15, 0.2) is 42.5 Å². The van der Waals surface area contributed by atoms with Crippen LogP contribution in [0, 0.1) is 12.7 Å².